The van der Waals surface area contributed by atoms with Gasteiger partial charge in [-0.2, -0.15) is 0 Å². The van der Waals surface area contributed by atoms with Gasteiger partial charge in [0.2, 0.25) is 0 Å². The molecule has 0 aliphatic heterocycles. The molecule has 5 rings (SSSR count). The van der Waals surface area contributed by atoms with Gasteiger partial charge in [-0.1, -0.05) is 0 Å². The molecule has 195 valence electrons. The number of benzene rings is 3. The Hall–Kier alpha value is -1.53. The summed E-state index contributed by atoms with van der Waals surface area (Å²) in [6.45, 7) is 16.3. The van der Waals surface area contributed by atoms with Crippen LogP contribution in [0.25, 0.3) is 11.1 Å². The normalized spacial score (nSPS) is 15.7. The van der Waals surface area contributed by atoms with Crippen molar-refractivity contribution in [2.45, 2.75) is 72.1 Å². The second kappa shape index (κ2) is 10.6. The summed E-state index contributed by atoms with van der Waals surface area (Å²) in [7, 11) is 0. The summed E-state index contributed by atoms with van der Waals surface area (Å²) < 4.78 is 10.00. The third-order valence-corrected chi connectivity index (χ3v) is 18.4. The van der Waals surface area contributed by atoms with Gasteiger partial charge in [-0.3, -0.25) is 0 Å². The van der Waals surface area contributed by atoms with Crippen molar-refractivity contribution in [3.05, 3.63) is 104 Å². The maximum atomic E-state index is 5.29. The Kier molecular flexibility index (Phi) is 8.57. The molecule has 0 N–H and O–H groups in total. The molecule has 0 radical (unpaired) electrons. The molecule has 0 nitrogen and oxygen atoms in total. The van der Waals surface area contributed by atoms with Gasteiger partial charge in [0, 0.05) is 0 Å². The van der Waals surface area contributed by atoms with Gasteiger partial charge in [0.05, 0.1) is 0 Å². The van der Waals surface area contributed by atoms with E-state index in [-0.39, 0.29) is 35.6 Å². The minimum atomic E-state index is -3.47. The van der Waals surface area contributed by atoms with E-state index in [1.54, 1.807) is 12.1 Å². The van der Waals surface area contributed by atoms with Crippen LogP contribution in [0.2, 0.25) is 0 Å². The summed E-state index contributed by atoms with van der Waals surface area (Å²) in [6.07, 6.45) is 9.04. The summed E-state index contributed by atoms with van der Waals surface area (Å²) in [6, 6.07) is 21.4. The predicted octanol–water partition coefficient (Wildman–Crippen LogP) is 8.39. The van der Waals surface area contributed by atoms with Crippen molar-refractivity contribution < 1.29 is 19.8 Å². The summed E-state index contributed by atoms with van der Waals surface area (Å²) in [5.41, 5.74) is 10.4. The second-order valence-electron chi connectivity index (χ2n) is 12.7. The van der Waals surface area contributed by atoms with Crippen molar-refractivity contribution in [2.75, 3.05) is 0 Å². The number of hydrogen-bond donors (Lipinski definition) is 0. The zero-order chi connectivity index (χ0) is 25.2. The van der Waals surface area contributed by atoms with Crippen LogP contribution in [0.5, 0.6) is 0 Å². The van der Waals surface area contributed by atoms with Gasteiger partial charge in [0.25, 0.3) is 0 Å². The minimum absolute atomic E-state index is 0. The molecule has 0 spiro atoms. The molecule has 0 saturated carbocycles. The molecule has 1 unspecified atom stereocenters. The maximum absolute atomic E-state index is 5.29. The molecule has 0 fully saturated rings. The van der Waals surface area contributed by atoms with Crippen LogP contribution in [0.1, 0.15) is 75.8 Å². The molecule has 3 aromatic rings. The van der Waals surface area contributed by atoms with Crippen LogP contribution < -0.4 is 6.54 Å². The van der Waals surface area contributed by atoms with Crippen LogP contribution in [0.15, 0.2) is 76.1 Å². The molecule has 3 heteroatoms. The molecule has 37 heavy (non-hydrogen) atoms. The van der Waals surface area contributed by atoms with Gasteiger partial charge in [-0.15, -0.1) is 24.8 Å². The fraction of sp³-hybridized carbons (Fsp3) is 0.324. The van der Waals surface area contributed by atoms with Crippen LogP contribution >= 0.6 is 24.8 Å². The molecule has 0 amide bonds. The topological polar surface area (TPSA) is 0 Å². The van der Waals surface area contributed by atoms with E-state index in [1.165, 1.54) is 36.7 Å². The predicted molar refractivity (Wildman–Crippen MR) is 166 cm³/mol. The first kappa shape index (κ1) is 30.0. The molecular formula is C34H41Cl2Zr. The summed E-state index contributed by atoms with van der Waals surface area (Å²) in [5.74, 6) is 0. The van der Waals surface area contributed by atoms with Gasteiger partial charge in [-0.25, -0.2) is 0 Å². The zero-order valence-electron chi connectivity index (χ0n) is 23.4. The Morgan fingerprint density at radius 2 is 1.43 bits per heavy atom. The van der Waals surface area contributed by atoms with Crippen molar-refractivity contribution in [3.8, 4) is 11.1 Å². The Morgan fingerprint density at radius 3 is 2.00 bits per heavy atom. The van der Waals surface area contributed by atoms with E-state index in [4.69, 9.17) is 4.21 Å². The molecule has 0 heterocycles. The van der Waals surface area contributed by atoms with Crippen molar-refractivity contribution in [2.24, 2.45) is 0 Å². The Balaban J connectivity index is 0.00000190. The average molecular weight is 612 g/mol. The Labute approximate surface area is 241 Å². The van der Waals surface area contributed by atoms with Crippen molar-refractivity contribution in [1.29, 1.82) is 0 Å². The van der Waals surface area contributed by atoms with E-state index in [0.717, 1.165) is 12.8 Å². The summed E-state index contributed by atoms with van der Waals surface area (Å²) in [5, 5.41) is 0. The van der Waals surface area contributed by atoms with Gasteiger partial charge in [0.1, 0.15) is 0 Å². The van der Waals surface area contributed by atoms with Crippen LogP contribution in [-0.2, 0) is 37.0 Å². The number of hydrogen-bond acceptors (Lipinski definition) is 0. The second-order valence-corrected chi connectivity index (χ2v) is 21.3. The zero-order valence-corrected chi connectivity index (χ0v) is 27.5. The third-order valence-electron chi connectivity index (χ3n) is 8.04. The van der Waals surface area contributed by atoms with E-state index in [1.807, 2.05) is 0 Å². The van der Waals surface area contributed by atoms with E-state index >= 15 is 0 Å². The van der Waals surface area contributed by atoms with E-state index in [2.05, 4.69) is 121 Å². The molecular weight excluding hydrogens is 571 g/mol. The van der Waals surface area contributed by atoms with Crippen LogP contribution in [0, 0.1) is 6.92 Å². The van der Waals surface area contributed by atoms with E-state index < -0.39 is 19.8 Å². The first-order valence-corrected chi connectivity index (χ1v) is 18.4. The van der Waals surface area contributed by atoms with Gasteiger partial charge in [0.15, 0.2) is 0 Å². The number of fused-ring (bicyclic) bond motifs is 3. The number of allylic oxidation sites excluding steroid dienone is 4. The first-order chi connectivity index (χ1) is 16.4. The van der Waals surface area contributed by atoms with Crippen LogP contribution in [0.3, 0.4) is 0 Å². The monoisotopic (exact) mass is 609 g/mol. The standard InChI is InChI=1S/C21H25.C7H7.C5H5.CH2.2ClH.Zr/c1-20(2,3)16-7-9-18-14(12-16)11-15-13-17(21(4,5)6)8-10-19(15)18;1-7-5-3-2-4-6-7;1-2-4-5-3-1;;;;/h7-10,12H,11H2,1-6H3;3-6H,1H3;1-3H,4H2;1H2;2*1H;. The molecule has 1 atom stereocenters. The quantitative estimate of drug-likeness (QED) is 0.218. The molecule has 3 aromatic carbocycles. The van der Waals surface area contributed by atoms with E-state index in [9.17, 15) is 0 Å². The molecule has 0 aromatic heterocycles. The Bertz CT molecular complexity index is 1420. The number of aryl methyl sites for hydroxylation is 1. The fourth-order valence-electron chi connectivity index (χ4n) is 5.95. The number of halogens is 2. The van der Waals surface area contributed by atoms with Crippen LogP contribution in [-0.4, -0.2) is 4.21 Å². The Morgan fingerprint density at radius 1 is 0.784 bits per heavy atom. The van der Waals surface area contributed by atoms with Gasteiger partial charge in [-0.05, 0) is 0 Å². The van der Waals surface area contributed by atoms with E-state index in [0.29, 0.717) is 0 Å². The molecule has 0 saturated heterocycles. The SMILES string of the molecule is Cl.Cl.[CH2]=[Zr]([C]1=CC=CC1)([c]1ccc(C)cc1)[c]1c(C(C)(C)C)ccc2c1Cc1cc(C(C)(C)C)ccc1-2. The molecule has 2 aliphatic rings. The van der Waals surface area contributed by atoms with Crippen molar-refractivity contribution in [3.63, 3.8) is 0 Å². The third kappa shape index (κ3) is 5.22. The molecule has 0 bridgehead atoms. The van der Waals surface area contributed by atoms with Crippen molar-refractivity contribution >= 4 is 35.6 Å². The fourth-order valence-corrected chi connectivity index (χ4v) is 16.3. The molecule has 2 aliphatic carbocycles. The summed E-state index contributed by atoms with van der Waals surface area (Å²) in [4.78, 5) is 0. The van der Waals surface area contributed by atoms with Gasteiger partial charge >= 0.3 is 218 Å². The van der Waals surface area contributed by atoms with Crippen molar-refractivity contribution in [1.82, 2.24) is 0 Å². The average Bonchev–Trinajstić information content (AvgIpc) is 3.45. The van der Waals surface area contributed by atoms with Crippen LogP contribution in [0.4, 0.5) is 0 Å². The van der Waals surface area contributed by atoms with Gasteiger partial charge < -0.3 is 0 Å². The first-order valence-electron chi connectivity index (χ1n) is 13.0. The number of rotatable bonds is 3. The summed E-state index contributed by atoms with van der Waals surface area (Å²) >= 11 is -3.47.